The second-order valence-electron chi connectivity index (χ2n) is 3.98. The molecule has 0 bridgehead atoms. The van der Waals surface area contributed by atoms with E-state index in [1.807, 2.05) is 4.90 Å². The molecule has 1 rings (SSSR count). The first-order valence-corrected chi connectivity index (χ1v) is 5.47. The van der Waals surface area contributed by atoms with E-state index in [2.05, 4.69) is 6.92 Å². The summed E-state index contributed by atoms with van der Waals surface area (Å²) >= 11 is 5.76. The Bertz CT molecular complexity index is 182. The van der Waals surface area contributed by atoms with Crippen molar-refractivity contribution in [2.24, 2.45) is 5.92 Å². The molecule has 0 aromatic heterocycles. The summed E-state index contributed by atoms with van der Waals surface area (Å²) < 4.78 is 0. The molecule has 1 fully saturated rings. The molecule has 2 unspecified atom stereocenters. The van der Waals surface area contributed by atoms with Crippen LogP contribution in [0.2, 0.25) is 0 Å². The lowest BCUT2D eigenvalue weighted by molar-refractivity contribution is -0.130. The molecule has 76 valence electrons. The number of carbonyl (C=O) groups excluding carboxylic acids is 1. The lowest BCUT2D eigenvalue weighted by Crippen LogP contribution is -2.36. The van der Waals surface area contributed by atoms with E-state index in [4.69, 9.17) is 11.6 Å². The first-order valence-electron chi connectivity index (χ1n) is 5.04. The van der Waals surface area contributed by atoms with Crippen LogP contribution in [0.25, 0.3) is 0 Å². The molecule has 2 nitrogen and oxygen atoms in total. The monoisotopic (exact) mass is 203 g/mol. The first kappa shape index (κ1) is 10.8. The summed E-state index contributed by atoms with van der Waals surface area (Å²) in [6, 6.07) is 0. The van der Waals surface area contributed by atoms with Crippen molar-refractivity contribution >= 4 is 17.5 Å². The molecule has 1 aliphatic heterocycles. The highest BCUT2D eigenvalue weighted by atomic mass is 35.5. The molecule has 0 spiro atoms. The lowest BCUT2D eigenvalue weighted by atomic mass is 10.0. The Morgan fingerprint density at radius 3 is 2.77 bits per heavy atom. The first-order chi connectivity index (χ1) is 6.11. The van der Waals surface area contributed by atoms with Gasteiger partial charge in [0, 0.05) is 13.1 Å². The topological polar surface area (TPSA) is 20.3 Å². The van der Waals surface area contributed by atoms with Gasteiger partial charge >= 0.3 is 0 Å². The number of hydrogen-bond acceptors (Lipinski definition) is 1. The quantitative estimate of drug-likeness (QED) is 0.599. The predicted octanol–water partition coefficient (Wildman–Crippen LogP) is 2.26. The number of carbonyl (C=O) groups is 1. The molecule has 1 aliphatic rings. The summed E-state index contributed by atoms with van der Waals surface area (Å²) in [4.78, 5) is 13.5. The zero-order valence-electron chi connectivity index (χ0n) is 8.42. The third kappa shape index (κ3) is 3.18. The van der Waals surface area contributed by atoms with Gasteiger partial charge in [-0.3, -0.25) is 4.79 Å². The van der Waals surface area contributed by atoms with Crippen molar-refractivity contribution in [1.82, 2.24) is 4.90 Å². The smallest absolute Gasteiger partial charge is 0.240 e. The van der Waals surface area contributed by atoms with E-state index in [0.717, 1.165) is 31.8 Å². The Hall–Kier alpha value is -0.240. The van der Waals surface area contributed by atoms with Crippen molar-refractivity contribution in [2.75, 3.05) is 13.1 Å². The van der Waals surface area contributed by atoms with E-state index in [1.54, 1.807) is 6.92 Å². The number of rotatable bonds is 1. The highest BCUT2D eigenvalue weighted by Crippen LogP contribution is 2.17. The second kappa shape index (κ2) is 4.85. The Morgan fingerprint density at radius 1 is 1.46 bits per heavy atom. The van der Waals surface area contributed by atoms with E-state index < -0.39 is 0 Å². The van der Waals surface area contributed by atoms with Crippen molar-refractivity contribution in [2.45, 2.75) is 38.5 Å². The fourth-order valence-electron chi connectivity index (χ4n) is 1.73. The van der Waals surface area contributed by atoms with Crippen molar-refractivity contribution in [3.63, 3.8) is 0 Å². The average molecular weight is 204 g/mol. The van der Waals surface area contributed by atoms with Gasteiger partial charge in [-0.2, -0.15) is 0 Å². The Balaban J connectivity index is 2.46. The van der Waals surface area contributed by atoms with Gasteiger partial charge in [-0.05, 0) is 32.1 Å². The van der Waals surface area contributed by atoms with Gasteiger partial charge in [-0.25, -0.2) is 0 Å². The van der Waals surface area contributed by atoms with Crippen LogP contribution in [0.5, 0.6) is 0 Å². The molecule has 0 aromatic carbocycles. The van der Waals surface area contributed by atoms with Crippen LogP contribution in [0, 0.1) is 5.92 Å². The van der Waals surface area contributed by atoms with Crippen LogP contribution in [-0.2, 0) is 4.79 Å². The van der Waals surface area contributed by atoms with Crippen molar-refractivity contribution in [3.8, 4) is 0 Å². The van der Waals surface area contributed by atoms with Gasteiger partial charge in [0.15, 0.2) is 0 Å². The SMILES string of the molecule is CC1CCCN(C(=O)C(C)Cl)CC1. The van der Waals surface area contributed by atoms with Crippen LogP contribution in [0.1, 0.15) is 33.1 Å². The minimum atomic E-state index is -0.367. The fraction of sp³-hybridized carbons (Fsp3) is 0.900. The Kier molecular flexibility index (Phi) is 4.04. The molecule has 0 aromatic rings. The summed E-state index contributed by atoms with van der Waals surface area (Å²) in [5, 5.41) is -0.367. The predicted molar refractivity (Wildman–Crippen MR) is 54.9 cm³/mol. The molecule has 0 radical (unpaired) electrons. The standard InChI is InChI=1S/C10H18ClNO/c1-8-4-3-6-12(7-5-8)10(13)9(2)11/h8-9H,3-7H2,1-2H3. The van der Waals surface area contributed by atoms with Gasteiger partial charge in [-0.1, -0.05) is 6.92 Å². The van der Waals surface area contributed by atoms with E-state index in [0.29, 0.717) is 0 Å². The molecule has 0 saturated carbocycles. The number of alkyl halides is 1. The molecular weight excluding hydrogens is 186 g/mol. The van der Waals surface area contributed by atoms with Crippen LogP contribution >= 0.6 is 11.6 Å². The van der Waals surface area contributed by atoms with Gasteiger partial charge < -0.3 is 4.90 Å². The summed E-state index contributed by atoms with van der Waals surface area (Å²) in [5.41, 5.74) is 0. The minimum Gasteiger partial charge on any atom is -0.341 e. The number of likely N-dealkylation sites (tertiary alicyclic amines) is 1. The Labute approximate surface area is 85.2 Å². The van der Waals surface area contributed by atoms with E-state index in [1.165, 1.54) is 6.42 Å². The number of halogens is 1. The molecule has 13 heavy (non-hydrogen) atoms. The van der Waals surface area contributed by atoms with Crippen LogP contribution < -0.4 is 0 Å². The molecule has 0 N–H and O–H groups in total. The van der Waals surface area contributed by atoms with Gasteiger partial charge in [0.2, 0.25) is 5.91 Å². The Morgan fingerprint density at radius 2 is 2.15 bits per heavy atom. The number of hydrogen-bond donors (Lipinski definition) is 0. The second-order valence-corrected chi connectivity index (χ2v) is 4.63. The number of amides is 1. The molecule has 1 heterocycles. The summed E-state index contributed by atoms with van der Waals surface area (Å²) in [6.45, 7) is 5.77. The third-order valence-corrected chi connectivity index (χ3v) is 2.86. The van der Waals surface area contributed by atoms with Crippen molar-refractivity contribution < 1.29 is 4.79 Å². The average Bonchev–Trinajstić information content (AvgIpc) is 2.28. The largest absolute Gasteiger partial charge is 0.341 e. The van der Waals surface area contributed by atoms with E-state index >= 15 is 0 Å². The maximum absolute atomic E-state index is 11.6. The highest BCUT2D eigenvalue weighted by Gasteiger charge is 2.21. The van der Waals surface area contributed by atoms with Gasteiger partial charge in [0.05, 0.1) is 0 Å². The minimum absolute atomic E-state index is 0.0933. The van der Waals surface area contributed by atoms with Crippen LogP contribution in [0.4, 0.5) is 0 Å². The lowest BCUT2D eigenvalue weighted by Gasteiger charge is -2.21. The molecule has 1 saturated heterocycles. The van der Waals surface area contributed by atoms with Crippen molar-refractivity contribution in [3.05, 3.63) is 0 Å². The summed E-state index contributed by atoms with van der Waals surface area (Å²) in [5.74, 6) is 0.846. The molecule has 1 amide bonds. The normalized spacial score (nSPS) is 26.7. The maximum atomic E-state index is 11.6. The van der Waals surface area contributed by atoms with Gasteiger partial charge in [-0.15, -0.1) is 11.6 Å². The third-order valence-electron chi connectivity index (χ3n) is 2.67. The summed E-state index contributed by atoms with van der Waals surface area (Å²) in [7, 11) is 0. The molecule has 2 atom stereocenters. The highest BCUT2D eigenvalue weighted by molar-refractivity contribution is 6.30. The number of nitrogens with zero attached hydrogens (tertiary/aromatic N) is 1. The summed E-state index contributed by atoms with van der Waals surface area (Å²) in [6.07, 6.45) is 3.48. The van der Waals surface area contributed by atoms with E-state index in [-0.39, 0.29) is 11.3 Å². The van der Waals surface area contributed by atoms with Crippen LogP contribution in [-0.4, -0.2) is 29.3 Å². The van der Waals surface area contributed by atoms with Gasteiger partial charge in [0.1, 0.15) is 5.38 Å². The molecule has 0 aliphatic carbocycles. The fourth-order valence-corrected chi connectivity index (χ4v) is 1.87. The van der Waals surface area contributed by atoms with Crippen LogP contribution in [0.15, 0.2) is 0 Å². The van der Waals surface area contributed by atoms with E-state index in [9.17, 15) is 4.79 Å². The van der Waals surface area contributed by atoms with Crippen LogP contribution in [0.3, 0.4) is 0 Å². The van der Waals surface area contributed by atoms with Gasteiger partial charge in [0.25, 0.3) is 0 Å². The zero-order valence-corrected chi connectivity index (χ0v) is 9.18. The maximum Gasteiger partial charge on any atom is 0.240 e. The molecular formula is C10H18ClNO. The molecule has 3 heteroatoms. The zero-order chi connectivity index (χ0) is 9.84. The van der Waals surface area contributed by atoms with Crippen molar-refractivity contribution in [1.29, 1.82) is 0 Å².